The third-order valence-corrected chi connectivity index (χ3v) is 3.54. The van der Waals surface area contributed by atoms with E-state index < -0.39 is 0 Å². The normalized spacial score (nSPS) is 12.4. The minimum Gasteiger partial charge on any atom is -0.306 e. The Balaban J connectivity index is 2.10. The summed E-state index contributed by atoms with van der Waals surface area (Å²) in [4.78, 5) is 12.6. The average molecular weight is 278 g/mol. The first-order valence-corrected chi connectivity index (χ1v) is 7.21. The lowest BCUT2D eigenvalue weighted by Gasteiger charge is -2.20. The molecule has 0 aliphatic rings. The molecule has 0 aliphatic carbocycles. The van der Waals surface area contributed by atoms with Gasteiger partial charge in [0.25, 0.3) is 0 Å². The molecule has 0 saturated heterocycles. The summed E-state index contributed by atoms with van der Waals surface area (Å²) in [6.45, 7) is 3.10. The molecule has 21 heavy (non-hydrogen) atoms. The predicted molar refractivity (Wildman–Crippen MR) is 83.9 cm³/mol. The van der Waals surface area contributed by atoms with Crippen molar-refractivity contribution < 1.29 is 0 Å². The van der Waals surface area contributed by atoms with Gasteiger partial charge in [-0.1, -0.05) is 25.1 Å². The SMILES string of the molecule is CCCNC(c1cncnc1)c1cccc2ccncc12. The highest BCUT2D eigenvalue weighted by Gasteiger charge is 2.16. The van der Waals surface area contributed by atoms with E-state index in [0.29, 0.717) is 0 Å². The van der Waals surface area contributed by atoms with Crippen LogP contribution < -0.4 is 5.32 Å². The molecule has 4 nitrogen and oxygen atoms in total. The van der Waals surface area contributed by atoms with E-state index in [2.05, 4.69) is 45.4 Å². The Bertz CT molecular complexity index is 707. The molecule has 3 aromatic rings. The Hall–Kier alpha value is -2.33. The highest BCUT2D eigenvalue weighted by Crippen LogP contribution is 2.27. The number of benzene rings is 1. The lowest BCUT2D eigenvalue weighted by atomic mass is 9.96. The topological polar surface area (TPSA) is 50.7 Å². The molecule has 0 fully saturated rings. The molecular weight excluding hydrogens is 260 g/mol. The first kappa shape index (κ1) is 13.6. The molecule has 2 heterocycles. The number of hydrogen-bond donors (Lipinski definition) is 1. The van der Waals surface area contributed by atoms with E-state index in [1.165, 1.54) is 10.9 Å². The second-order valence-electron chi connectivity index (χ2n) is 5.00. The Morgan fingerprint density at radius 3 is 2.71 bits per heavy atom. The molecule has 0 spiro atoms. The van der Waals surface area contributed by atoms with Gasteiger partial charge in [-0.15, -0.1) is 0 Å². The van der Waals surface area contributed by atoms with Gasteiger partial charge in [0, 0.05) is 35.7 Å². The summed E-state index contributed by atoms with van der Waals surface area (Å²) in [6.07, 6.45) is 10.1. The maximum atomic E-state index is 4.27. The van der Waals surface area contributed by atoms with Crippen molar-refractivity contribution in [1.82, 2.24) is 20.3 Å². The predicted octanol–water partition coefficient (Wildman–Crippen LogP) is 3.11. The molecule has 4 heteroatoms. The third-order valence-electron chi connectivity index (χ3n) is 3.54. The first-order valence-electron chi connectivity index (χ1n) is 7.21. The monoisotopic (exact) mass is 278 g/mol. The van der Waals surface area contributed by atoms with Gasteiger partial charge in [0.1, 0.15) is 6.33 Å². The molecular formula is C17H18N4. The largest absolute Gasteiger partial charge is 0.306 e. The minimum absolute atomic E-state index is 0.0825. The number of hydrogen-bond acceptors (Lipinski definition) is 4. The minimum atomic E-state index is 0.0825. The molecule has 1 atom stereocenters. The molecule has 2 aromatic heterocycles. The number of rotatable bonds is 5. The van der Waals surface area contributed by atoms with Crippen LogP contribution in [0.25, 0.3) is 10.8 Å². The van der Waals surface area contributed by atoms with Crippen LogP contribution in [0.15, 0.2) is 55.4 Å². The molecule has 1 unspecified atom stereocenters. The van der Waals surface area contributed by atoms with Crippen LogP contribution in [0, 0.1) is 0 Å². The van der Waals surface area contributed by atoms with Gasteiger partial charge in [-0.3, -0.25) is 4.98 Å². The van der Waals surface area contributed by atoms with Crippen molar-refractivity contribution in [2.24, 2.45) is 0 Å². The molecule has 106 valence electrons. The van der Waals surface area contributed by atoms with E-state index in [1.807, 2.05) is 30.9 Å². The van der Waals surface area contributed by atoms with Crippen molar-refractivity contribution >= 4 is 10.8 Å². The van der Waals surface area contributed by atoms with Crippen LogP contribution in [0.3, 0.4) is 0 Å². The molecule has 3 rings (SSSR count). The molecule has 0 aliphatic heterocycles. The molecule has 0 saturated carbocycles. The molecule has 1 N–H and O–H groups in total. The second kappa shape index (κ2) is 6.41. The number of nitrogens with one attached hydrogen (secondary N) is 1. The summed E-state index contributed by atoms with van der Waals surface area (Å²) in [7, 11) is 0. The molecule has 0 bridgehead atoms. The number of nitrogens with zero attached hydrogens (tertiary/aromatic N) is 3. The van der Waals surface area contributed by atoms with Crippen LogP contribution in [0.4, 0.5) is 0 Å². The molecule has 0 amide bonds. The summed E-state index contributed by atoms with van der Waals surface area (Å²) in [6, 6.07) is 8.46. The van der Waals surface area contributed by atoms with Crippen molar-refractivity contribution in [3.63, 3.8) is 0 Å². The van der Waals surface area contributed by atoms with Crippen LogP contribution in [0.5, 0.6) is 0 Å². The highest BCUT2D eigenvalue weighted by atomic mass is 14.9. The van der Waals surface area contributed by atoms with Crippen LogP contribution in [-0.4, -0.2) is 21.5 Å². The molecule has 0 radical (unpaired) electrons. The quantitative estimate of drug-likeness (QED) is 0.779. The Labute approximate surface area is 124 Å². The lowest BCUT2D eigenvalue weighted by Crippen LogP contribution is -2.23. The van der Waals surface area contributed by atoms with Gasteiger partial charge in [0.05, 0.1) is 6.04 Å². The van der Waals surface area contributed by atoms with Crippen LogP contribution in [0.2, 0.25) is 0 Å². The van der Waals surface area contributed by atoms with Gasteiger partial charge in [-0.25, -0.2) is 9.97 Å². The first-order chi connectivity index (χ1) is 10.4. The smallest absolute Gasteiger partial charge is 0.115 e. The average Bonchev–Trinajstić information content (AvgIpc) is 2.56. The van der Waals surface area contributed by atoms with Crippen molar-refractivity contribution in [2.45, 2.75) is 19.4 Å². The van der Waals surface area contributed by atoms with Crippen molar-refractivity contribution in [3.8, 4) is 0 Å². The maximum Gasteiger partial charge on any atom is 0.115 e. The van der Waals surface area contributed by atoms with Gasteiger partial charge in [-0.05, 0) is 30.0 Å². The fourth-order valence-electron chi connectivity index (χ4n) is 2.54. The van der Waals surface area contributed by atoms with Gasteiger partial charge < -0.3 is 5.32 Å². The van der Waals surface area contributed by atoms with E-state index >= 15 is 0 Å². The van der Waals surface area contributed by atoms with Crippen LogP contribution in [-0.2, 0) is 0 Å². The summed E-state index contributed by atoms with van der Waals surface area (Å²) < 4.78 is 0. The van der Waals surface area contributed by atoms with E-state index in [0.717, 1.165) is 23.9 Å². The zero-order valence-electron chi connectivity index (χ0n) is 12.0. The Morgan fingerprint density at radius 2 is 1.90 bits per heavy atom. The van der Waals surface area contributed by atoms with Gasteiger partial charge in [0.2, 0.25) is 0 Å². The van der Waals surface area contributed by atoms with E-state index in [4.69, 9.17) is 0 Å². The second-order valence-corrected chi connectivity index (χ2v) is 5.00. The highest BCUT2D eigenvalue weighted by molar-refractivity contribution is 5.85. The Kier molecular flexibility index (Phi) is 4.17. The Morgan fingerprint density at radius 1 is 1.05 bits per heavy atom. The summed E-state index contributed by atoms with van der Waals surface area (Å²) >= 11 is 0. The maximum absolute atomic E-state index is 4.27. The van der Waals surface area contributed by atoms with Crippen molar-refractivity contribution in [1.29, 1.82) is 0 Å². The summed E-state index contributed by atoms with van der Waals surface area (Å²) in [5.74, 6) is 0. The molecule has 1 aromatic carbocycles. The zero-order valence-corrected chi connectivity index (χ0v) is 12.0. The van der Waals surface area contributed by atoms with Gasteiger partial charge in [0.15, 0.2) is 0 Å². The van der Waals surface area contributed by atoms with Crippen LogP contribution >= 0.6 is 0 Å². The zero-order chi connectivity index (χ0) is 14.5. The fourth-order valence-corrected chi connectivity index (χ4v) is 2.54. The van der Waals surface area contributed by atoms with E-state index in [1.54, 1.807) is 6.33 Å². The number of pyridine rings is 1. The van der Waals surface area contributed by atoms with Crippen LogP contribution in [0.1, 0.15) is 30.5 Å². The number of fused-ring (bicyclic) bond motifs is 1. The van der Waals surface area contributed by atoms with Gasteiger partial charge >= 0.3 is 0 Å². The third kappa shape index (κ3) is 2.90. The van der Waals surface area contributed by atoms with E-state index in [-0.39, 0.29) is 6.04 Å². The standard InChI is InChI=1S/C17H18N4/c1-2-7-21-17(14-9-19-12-20-10-14)15-5-3-4-13-6-8-18-11-16(13)15/h3-6,8-12,17,21H,2,7H2,1H3. The van der Waals surface area contributed by atoms with Crippen molar-refractivity contribution in [2.75, 3.05) is 6.54 Å². The van der Waals surface area contributed by atoms with Gasteiger partial charge in [-0.2, -0.15) is 0 Å². The fraction of sp³-hybridized carbons (Fsp3) is 0.235. The lowest BCUT2D eigenvalue weighted by molar-refractivity contribution is 0.598. The van der Waals surface area contributed by atoms with E-state index in [9.17, 15) is 0 Å². The summed E-state index contributed by atoms with van der Waals surface area (Å²) in [5.41, 5.74) is 2.28. The summed E-state index contributed by atoms with van der Waals surface area (Å²) in [5, 5.41) is 5.95. The number of aromatic nitrogens is 3. The van der Waals surface area contributed by atoms with Crippen molar-refractivity contribution in [3.05, 3.63) is 66.5 Å².